The van der Waals surface area contributed by atoms with Gasteiger partial charge in [-0.25, -0.2) is 9.78 Å². The lowest BCUT2D eigenvalue weighted by Gasteiger charge is -2.55. The number of rotatable bonds is 13. The normalized spacial score (nSPS) is 20.7. The molecular formula is C48H60N8O7. The van der Waals surface area contributed by atoms with Gasteiger partial charge in [0.05, 0.1) is 43.9 Å². The molecule has 5 saturated heterocycles. The van der Waals surface area contributed by atoms with Gasteiger partial charge in [-0.2, -0.15) is 0 Å². The molecule has 0 saturated carbocycles. The summed E-state index contributed by atoms with van der Waals surface area (Å²) in [6.45, 7) is 10.3. The van der Waals surface area contributed by atoms with Crippen molar-refractivity contribution in [3.05, 3.63) is 75.8 Å². The maximum Gasteiger partial charge on any atom is 0.338 e. The number of carbonyl (C=O) groups excluding carboxylic acids is 3. The average Bonchev–Trinajstić information content (AvgIpc) is 3.26. The van der Waals surface area contributed by atoms with Crippen LogP contribution in [0.1, 0.15) is 66.4 Å². The van der Waals surface area contributed by atoms with E-state index >= 15 is 0 Å². The number of hydrogen-bond acceptors (Lipinski definition) is 13. The van der Waals surface area contributed by atoms with Gasteiger partial charge in [0.2, 0.25) is 11.8 Å². The molecule has 4 aromatic rings. The molecule has 2 amide bonds. The molecule has 2 aromatic carbocycles. The summed E-state index contributed by atoms with van der Waals surface area (Å²) in [4.78, 5) is 64.2. The number of amides is 2. The topological polar surface area (TPSA) is 151 Å². The molecule has 0 radical (unpaired) electrons. The standard InChI is InChI=1S/C48H60N8O7/c1-52-27-38(36-23-43(55-14-5-15-55)50-25-37(36)46(52)59)33-20-41(61-2)39(42(21-33)62-3)28-53-16-10-31(11-17-53)26-54-18-12-48(13-19-54)29-56(30-48)34-7-6-32(35(22-34)47(60)63-4)24-49-40-8-9-44(57)51-45(40)58/h6-7,20-23,25,27,31,40,49H,5,8-19,24,26,28-30H2,1-4H3,(H,51,57,58)/t40-/m0/s1. The average molecular weight is 861 g/mol. The maximum atomic E-state index is 13.2. The third-order valence-corrected chi connectivity index (χ3v) is 14.4. The number of piperidine rings is 3. The van der Waals surface area contributed by atoms with Crippen LogP contribution in [0.25, 0.3) is 21.9 Å². The highest BCUT2D eigenvalue weighted by molar-refractivity contribution is 6.00. The molecule has 0 bridgehead atoms. The van der Waals surface area contributed by atoms with E-state index in [1.165, 1.54) is 20.0 Å². The predicted molar refractivity (Wildman–Crippen MR) is 241 cm³/mol. The van der Waals surface area contributed by atoms with Gasteiger partial charge in [-0.05, 0) is 112 Å². The SMILES string of the molecule is COC(=O)c1cc(N2CC3(CCN(CC4CCN(Cc5c(OC)cc(-c6cn(C)c(=O)c7cnc(N8CCC8)cc67)cc5OC)CC4)CC3)C2)ccc1CN[C@H]1CCC(=O)NC1=O. The number of imide groups is 1. The number of fused-ring (bicyclic) bond motifs is 1. The number of hydrogen-bond donors (Lipinski definition) is 2. The Labute approximate surface area is 368 Å². The summed E-state index contributed by atoms with van der Waals surface area (Å²) in [5.41, 5.74) is 5.41. The van der Waals surface area contributed by atoms with Crippen LogP contribution in [0.2, 0.25) is 0 Å². The van der Waals surface area contributed by atoms with E-state index in [4.69, 9.17) is 14.2 Å². The highest BCUT2D eigenvalue weighted by atomic mass is 16.5. The largest absolute Gasteiger partial charge is 0.496 e. The van der Waals surface area contributed by atoms with Crippen LogP contribution in [0.3, 0.4) is 0 Å². The summed E-state index contributed by atoms with van der Waals surface area (Å²) >= 11 is 0. The molecule has 15 nitrogen and oxygen atoms in total. The monoisotopic (exact) mass is 860 g/mol. The second kappa shape index (κ2) is 17.9. The molecule has 5 aliphatic heterocycles. The van der Waals surface area contributed by atoms with Crippen LogP contribution in [0.5, 0.6) is 11.5 Å². The van der Waals surface area contributed by atoms with Crippen LogP contribution in [0.15, 0.2) is 53.6 Å². The third-order valence-electron chi connectivity index (χ3n) is 14.4. The first-order valence-corrected chi connectivity index (χ1v) is 22.5. The van der Waals surface area contributed by atoms with Gasteiger partial charge in [0, 0.05) is 93.7 Å². The molecular weight excluding hydrogens is 801 g/mol. The number of pyridine rings is 2. The predicted octanol–water partition coefficient (Wildman–Crippen LogP) is 4.32. The molecule has 7 heterocycles. The number of aryl methyl sites for hydroxylation is 1. The third kappa shape index (κ3) is 8.75. The minimum atomic E-state index is -0.475. The fraction of sp³-hybridized carbons (Fsp3) is 0.521. The van der Waals surface area contributed by atoms with E-state index in [1.54, 1.807) is 32.0 Å². The Hall–Kier alpha value is -5.51. The van der Waals surface area contributed by atoms with E-state index in [2.05, 4.69) is 53.4 Å². The number of ether oxygens (including phenoxy) is 3. The molecule has 0 unspecified atom stereocenters. The van der Waals surface area contributed by atoms with Gasteiger partial charge >= 0.3 is 5.97 Å². The van der Waals surface area contributed by atoms with Crippen molar-refractivity contribution in [3.63, 3.8) is 0 Å². The molecule has 63 heavy (non-hydrogen) atoms. The molecule has 1 atom stereocenters. The summed E-state index contributed by atoms with van der Waals surface area (Å²) in [7, 11) is 6.61. The zero-order valence-electron chi connectivity index (χ0n) is 37.0. The van der Waals surface area contributed by atoms with Crippen molar-refractivity contribution in [3.8, 4) is 22.6 Å². The lowest BCUT2D eigenvalue weighted by atomic mass is 9.71. The Bertz CT molecular complexity index is 2420. The smallest absolute Gasteiger partial charge is 0.338 e. The van der Waals surface area contributed by atoms with Crippen LogP contribution < -0.4 is 35.5 Å². The first-order valence-electron chi connectivity index (χ1n) is 22.5. The Balaban J connectivity index is 0.776. The van der Waals surface area contributed by atoms with Crippen molar-refractivity contribution in [2.45, 2.75) is 64.1 Å². The van der Waals surface area contributed by atoms with Gasteiger partial charge in [-0.3, -0.25) is 24.6 Å². The zero-order chi connectivity index (χ0) is 43.8. The van der Waals surface area contributed by atoms with E-state index in [9.17, 15) is 19.2 Å². The summed E-state index contributed by atoms with van der Waals surface area (Å²) in [5, 5.41) is 7.06. The highest BCUT2D eigenvalue weighted by Crippen LogP contribution is 2.44. The van der Waals surface area contributed by atoms with E-state index in [0.717, 1.165) is 135 Å². The number of esters is 1. The lowest BCUT2D eigenvalue weighted by Crippen LogP contribution is -2.60. The number of aromatic nitrogens is 2. The Morgan fingerprint density at radius 2 is 1.60 bits per heavy atom. The van der Waals surface area contributed by atoms with Crippen LogP contribution in [0, 0.1) is 11.3 Å². The number of methoxy groups -OCH3 is 3. The summed E-state index contributed by atoms with van der Waals surface area (Å²) in [6, 6.07) is 11.7. The van der Waals surface area contributed by atoms with Crippen molar-refractivity contribution in [2.75, 3.05) is 90.0 Å². The quantitative estimate of drug-likeness (QED) is 0.145. The number of nitrogens with zero attached hydrogens (tertiary/aromatic N) is 6. The van der Waals surface area contributed by atoms with Crippen molar-refractivity contribution in [2.24, 2.45) is 18.4 Å². The second-order valence-corrected chi connectivity index (χ2v) is 18.3. The summed E-state index contributed by atoms with van der Waals surface area (Å²) < 4.78 is 18.8. The molecule has 9 rings (SSSR count). The number of likely N-dealkylation sites (tertiary alicyclic amines) is 2. The minimum absolute atomic E-state index is 0.0672. The number of nitrogens with one attached hydrogen (secondary N) is 2. The molecule has 2 aromatic heterocycles. The highest BCUT2D eigenvalue weighted by Gasteiger charge is 2.45. The van der Waals surface area contributed by atoms with Crippen LogP contribution in [-0.2, 0) is 34.5 Å². The fourth-order valence-electron chi connectivity index (χ4n) is 10.3. The summed E-state index contributed by atoms with van der Waals surface area (Å²) in [5.74, 6) is 2.14. The maximum absolute atomic E-state index is 13.2. The van der Waals surface area contributed by atoms with E-state index in [0.29, 0.717) is 41.7 Å². The zero-order valence-corrected chi connectivity index (χ0v) is 37.0. The molecule has 334 valence electrons. The van der Waals surface area contributed by atoms with Gasteiger partial charge < -0.3 is 38.8 Å². The summed E-state index contributed by atoms with van der Waals surface area (Å²) in [6.07, 6.45) is 10.1. The van der Waals surface area contributed by atoms with Gasteiger partial charge in [0.1, 0.15) is 17.3 Å². The molecule has 15 heteroatoms. The molecule has 2 N–H and O–H groups in total. The Kier molecular flexibility index (Phi) is 12.2. The van der Waals surface area contributed by atoms with Crippen LogP contribution >= 0.6 is 0 Å². The second-order valence-electron chi connectivity index (χ2n) is 18.3. The van der Waals surface area contributed by atoms with Crippen molar-refractivity contribution >= 4 is 40.1 Å². The number of carbonyl (C=O) groups is 3. The van der Waals surface area contributed by atoms with Crippen molar-refractivity contribution in [1.29, 1.82) is 0 Å². The van der Waals surface area contributed by atoms with E-state index in [1.807, 2.05) is 24.4 Å². The molecule has 5 aliphatic rings. The lowest BCUT2D eigenvalue weighted by molar-refractivity contribution is -0.134. The Morgan fingerprint density at radius 1 is 0.873 bits per heavy atom. The van der Waals surface area contributed by atoms with Gasteiger partial charge in [0.25, 0.3) is 5.56 Å². The molecule has 1 spiro atoms. The first-order chi connectivity index (χ1) is 30.5. The fourth-order valence-corrected chi connectivity index (χ4v) is 10.3. The van der Waals surface area contributed by atoms with Gasteiger partial charge in [-0.1, -0.05) is 6.07 Å². The van der Waals surface area contributed by atoms with Crippen LogP contribution in [-0.4, -0.2) is 123 Å². The minimum Gasteiger partial charge on any atom is -0.496 e. The van der Waals surface area contributed by atoms with E-state index in [-0.39, 0.29) is 17.4 Å². The first kappa shape index (κ1) is 42.8. The van der Waals surface area contributed by atoms with Gasteiger partial charge in [-0.15, -0.1) is 0 Å². The van der Waals surface area contributed by atoms with E-state index < -0.39 is 12.0 Å². The van der Waals surface area contributed by atoms with Crippen molar-refractivity contribution in [1.82, 2.24) is 30.0 Å². The molecule has 0 aliphatic carbocycles. The van der Waals surface area contributed by atoms with Gasteiger partial charge in [0.15, 0.2) is 0 Å². The van der Waals surface area contributed by atoms with Crippen LogP contribution in [0.4, 0.5) is 11.5 Å². The number of benzene rings is 2. The van der Waals surface area contributed by atoms with Crippen molar-refractivity contribution < 1.29 is 28.6 Å². The molecule has 5 fully saturated rings. The number of anilines is 2. The Morgan fingerprint density at radius 3 is 2.25 bits per heavy atom.